The largest absolute Gasteiger partial charge is 0.465 e. The van der Waals surface area contributed by atoms with E-state index in [9.17, 15) is 9.90 Å². The molecule has 2 unspecified atom stereocenters. The van der Waals surface area contributed by atoms with Crippen LogP contribution in [0.1, 0.15) is 57.9 Å². The van der Waals surface area contributed by atoms with Gasteiger partial charge >= 0.3 is 12.1 Å². The SMILES string of the molecule is C#Cc1cccc2cccc(-c3ncc4c(N5C[C@H]6CC[C@@H](C5)N6C(=O)O)nc(OCC56CC(CC)CN5CC(CC)C6)nc4c3F)c12. The lowest BCUT2D eigenvalue weighted by molar-refractivity contribution is 0.107. The second-order valence-electron chi connectivity index (χ2n) is 14.2. The van der Waals surface area contributed by atoms with E-state index in [0.717, 1.165) is 62.4 Å². The summed E-state index contributed by atoms with van der Waals surface area (Å²) in [7, 11) is 0. The molecule has 2 aromatic carbocycles. The molecule has 248 valence electrons. The van der Waals surface area contributed by atoms with Crippen molar-refractivity contribution in [2.24, 2.45) is 11.8 Å². The molecule has 9 nitrogen and oxygen atoms in total. The van der Waals surface area contributed by atoms with Gasteiger partial charge in [-0.15, -0.1) is 6.42 Å². The highest BCUT2D eigenvalue weighted by atomic mass is 19.1. The first-order valence-electron chi connectivity index (χ1n) is 17.3. The number of terminal acetylenes is 1. The normalized spacial score (nSPS) is 26.7. The zero-order chi connectivity index (χ0) is 33.2. The minimum atomic E-state index is -0.898. The van der Waals surface area contributed by atoms with E-state index in [0.29, 0.717) is 53.9 Å². The lowest BCUT2D eigenvalue weighted by Gasteiger charge is -2.40. The van der Waals surface area contributed by atoms with Gasteiger partial charge in [-0.25, -0.2) is 9.18 Å². The highest BCUT2D eigenvalue weighted by molar-refractivity contribution is 6.02. The van der Waals surface area contributed by atoms with Gasteiger partial charge in [0.05, 0.1) is 23.0 Å². The number of hydrogen-bond acceptors (Lipinski definition) is 7. The number of amides is 1. The second-order valence-corrected chi connectivity index (χ2v) is 14.2. The van der Waals surface area contributed by atoms with Gasteiger partial charge in [0.15, 0.2) is 5.82 Å². The molecule has 4 saturated heterocycles. The van der Waals surface area contributed by atoms with Gasteiger partial charge < -0.3 is 14.7 Å². The fourth-order valence-electron chi connectivity index (χ4n) is 9.15. The van der Waals surface area contributed by atoms with Crippen LogP contribution in [-0.2, 0) is 0 Å². The average molecular weight is 649 g/mol. The number of halogens is 1. The van der Waals surface area contributed by atoms with E-state index >= 15 is 4.39 Å². The summed E-state index contributed by atoms with van der Waals surface area (Å²) in [6.45, 7) is 8.02. The Bertz CT molecular complexity index is 1930. The fraction of sp³-hybridized carbons (Fsp3) is 0.474. The third-order valence-electron chi connectivity index (χ3n) is 11.6. The maximum atomic E-state index is 17.0. The summed E-state index contributed by atoms with van der Waals surface area (Å²) < 4.78 is 23.5. The van der Waals surface area contributed by atoms with Crippen molar-refractivity contribution in [2.75, 3.05) is 37.7 Å². The van der Waals surface area contributed by atoms with E-state index in [2.05, 4.69) is 34.6 Å². The quantitative estimate of drug-likeness (QED) is 0.225. The minimum Gasteiger partial charge on any atom is -0.465 e. The van der Waals surface area contributed by atoms with E-state index in [4.69, 9.17) is 21.1 Å². The number of rotatable bonds is 7. The average Bonchev–Trinajstić information content (AvgIpc) is 3.72. The number of pyridine rings is 1. The van der Waals surface area contributed by atoms with Crippen LogP contribution < -0.4 is 9.64 Å². The third-order valence-corrected chi connectivity index (χ3v) is 11.6. The zero-order valence-electron chi connectivity index (χ0n) is 27.5. The van der Waals surface area contributed by atoms with Gasteiger partial charge in [-0.1, -0.05) is 62.9 Å². The third kappa shape index (κ3) is 4.93. The zero-order valence-corrected chi connectivity index (χ0v) is 27.5. The van der Waals surface area contributed by atoms with Crippen LogP contribution in [0.15, 0.2) is 42.6 Å². The van der Waals surface area contributed by atoms with E-state index in [1.54, 1.807) is 11.1 Å². The summed E-state index contributed by atoms with van der Waals surface area (Å²) in [6, 6.07) is 11.2. The lowest BCUT2D eigenvalue weighted by Crippen LogP contribution is -2.55. The summed E-state index contributed by atoms with van der Waals surface area (Å²) in [5.74, 6) is 3.96. The molecule has 4 aliphatic rings. The Balaban J connectivity index is 1.23. The minimum absolute atomic E-state index is 0.0808. The van der Waals surface area contributed by atoms with Crippen molar-refractivity contribution in [1.82, 2.24) is 24.8 Å². The van der Waals surface area contributed by atoms with Crippen molar-refractivity contribution in [3.63, 3.8) is 0 Å². The van der Waals surface area contributed by atoms with E-state index in [-0.39, 0.29) is 34.8 Å². The lowest BCUT2D eigenvalue weighted by atomic mass is 9.86. The summed E-state index contributed by atoms with van der Waals surface area (Å²) in [5, 5.41) is 12.0. The standard InChI is InChI=1S/C38H41FN6O3/c1-4-23-15-38(16-24(5-2)19-44(38)18-23)22-48-36-41-34-30(35(42-36)43-20-27-13-14-28(21-43)45(27)37(46)47)17-40-33(32(34)39)29-12-8-11-26-10-7-9-25(6-3)31(26)29/h3,7-12,17,23-24,27-28H,4-5,13-16,18-22H2,1-2H3,(H,46,47)/t23?,24?,27-,28+,38?. The molecular weight excluding hydrogens is 607 g/mol. The van der Waals surface area contributed by atoms with Gasteiger partial charge in [0.2, 0.25) is 0 Å². The van der Waals surface area contributed by atoms with Gasteiger partial charge in [0.1, 0.15) is 23.6 Å². The molecule has 0 aliphatic carbocycles. The highest BCUT2D eigenvalue weighted by Gasteiger charge is 2.51. The summed E-state index contributed by atoms with van der Waals surface area (Å²) in [6.07, 6.45) is 12.6. The molecular formula is C38H41FN6O3. The summed E-state index contributed by atoms with van der Waals surface area (Å²) >= 11 is 0. The maximum Gasteiger partial charge on any atom is 0.407 e. The first kappa shape index (κ1) is 30.8. The number of piperazine rings is 1. The number of fused-ring (bicyclic) bond motifs is 5. The monoisotopic (exact) mass is 648 g/mol. The Labute approximate surface area is 280 Å². The number of anilines is 1. The second kappa shape index (κ2) is 11.9. The Morgan fingerprint density at radius 3 is 2.38 bits per heavy atom. The number of carbonyl (C=O) groups is 1. The Kier molecular flexibility index (Phi) is 7.63. The van der Waals surface area contributed by atoms with Crippen LogP contribution in [0.2, 0.25) is 0 Å². The van der Waals surface area contributed by atoms with Crippen LogP contribution in [0, 0.1) is 30.0 Å². The molecule has 4 aromatic rings. The van der Waals surface area contributed by atoms with Crippen molar-refractivity contribution in [2.45, 2.75) is 70.0 Å². The van der Waals surface area contributed by atoms with Gasteiger partial charge in [-0.05, 0) is 49.0 Å². The molecule has 48 heavy (non-hydrogen) atoms. The van der Waals surface area contributed by atoms with Gasteiger partial charge in [-0.3, -0.25) is 14.8 Å². The molecule has 4 aliphatic heterocycles. The molecule has 2 bridgehead atoms. The van der Waals surface area contributed by atoms with Crippen molar-refractivity contribution in [1.29, 1.82) is 0 Å². The number of nitrogens with zero attached hydrogens (tertiary/aromatic N) is 6. The molecule has 0 spiro atoms. The Hall–Kier alpha value is -4.49. The molecule has 10 heteroatoms. The Morgan fingerprint density at radius 2 is 1.73 bits per heavy atom. The molecule has 1 amide bonds. The number of ether oxygens (including phenoxy) is 1. The van der Waals surface area contributed by atoms with Gasteiger partial charge in [0.25, 0.3) is 0 Å². The summed E-state index contributed by atoms with van der Waals surface area (Å²) in [4.78, 5) is 32.7. The maximum absolute atomic E-state index is 17.0. The van der Waals surface area contributed by atoms with Gasteiger partial charge in [-0.2, -0.15) is 9.97 Å². The topological polar surface area (TPSA) is 94.9 Å². The van der Waals surface area contributed by atoms with Crippen molar-refractivity contribution < 1.29 is 19.0 Å². The van der Waals surface area contributed by atoms with Crippen molar-refractivity contribution in [3.05, 3.63) is 54.0 Å². The molecule has 4 atom stereocenters. The first-order chi connectivity index (χ1) is 23.3. The van der Waals surface area contributed by atoms with E-state index < -0.39 is 11.9 Å². The molecule has 1 N–H and O–H groups in total. The van der Waals surface area contributed by atoms with Crippen molar-refractivity contribution >= 4 is 33.6 Å². The van der Waals surface area contributed by atoms with Crippen LogP contribution in [0.5, 0.6) is 6.01 Å². The van der Waals surface area contributed by atoms with Crippen molar-refractivity contribution in [3.8, 4) is 29.6 Å². The first-order valence-corrected chi connectivity index (χ1v) is 17.3. The predicted molar refractivity (Wildman–Crippen MR) is 184 cm³/mol. The number of carboxylic acid groups (broad SMARTS) is 1. The Morgan fingerprint density at radius 1 is 1.04 bits per heavy atom. The van der Waals surface area contributed by atoms with Crippen LogP contribution in [-0.4, -0.2) is 86.4 Å². The predicted octanol–water partition coefficient (Wildman–Crippen LogP) is 6.58. The van der Waals surface area contributed by atoms with Crippen LogP contribution in [0.25, 0.3) is 32.9 Å². The molecule has 4 fully saturated rings. The number of hydrogen-bond donors (Lipinski definition) is 1. The molecule has 6 heterocycles. The smallest absolute Gasteiger partial charge is 0.407 e. The van der Waals surface area contributed by atoms with Crippen LogP contribution in [0.3, 0.4) is 0 Å². The summed E-state index contributed by atoms with van der Waals surface area (Å²) in [5.41, 5.74) is 1.47. The van der Waals surface area contributed by atoms with Gasteiger partial charge in [0, 0.05) is 48.9 Å². The van der Waals surface area contributed by atoms with Crippen LogP contribution >= 0.6 is 0 Å². The number of benzene rings is 2. The molecule has 2 aromatic heterocycles. The fourth-order valence-corrected chi connectivity index (χ4v) is 9.15. The van der Waals surface area contributed by atoms with E-state index in [1.807, 2.05) is 36.4 Å². The molecule has 0 radical (unpaired) electrons. The number of aromatic nitrogens is 3. The van der Waals surface area contributed by atoms with Crippen LogP contribution in [0.4, 0.5) is 15.0 Å². The van der Waals surface area contributed by atoms with E-state index in [1.165, 1.54) is 0 Å². The molecule has 0 saturated carbocycles. The molecule has 8 rings (SSSR count). The highest BCUT2D eigenvalue weighted by Crippen LogP contribution is 2.46.